The van der Waals surface area contributed by atoms with Gasteiger partial charge in [0, 0.05) is 23.5 Å². The van der Waals surface area contributed by atoms with Crippen LogP contribution in [0.25, 0.3) is 11.5 Å². The first-order chi connectivity index (χ1) is 11.3. The van der Waals surface area contributed by atoms with E-state index in [1.165, 1.54) is 5.56 Å². The molecule has 2 aliphatic carbocycles. The second kappa shape index (κ2) is 6.24. The Morgan fingerprint density at radius 2 is 2.04 bits per heavy atom. The molecule has 0 aromatic carbocycles. The molecule has 2 atom stereocenters. The van der Waals surface area contributed by atoms with E-state index < -0.39 is 0 Å². The van der Waals surface area contributed by atoms with E-state index in [1.54, 1.807) is 6.20 Å². The van der Waals surface area contributed by atoms with E-state index in [-0.39, 0.29) is 6.10 Å². The number of pyridine rings is 1. The van der Waals surface area contributed by atoms with Gasteiger partial charge in [-0.15, -0.1) is 0 Å². The van der Waals surface area contributed by atoms with Gasteiger partial charge in [-0.1, -0.05) is 6.07 Å². The van der Waals surface area contributed by atoms with E-state index in [1.807, 2.05) is 18.2 Å². The van der Waals surface area contributed by atoms with Crippen LogP contribution in [0.2, 0.25) is 0 Å². The van der Waals surface area contributed by atoms with Gasteiger partial charge in [0.2, 0.25) is 0 Å². The van der Waals surface area contributed by atoms with Crippen LogP contribution in [0.3, 0.4) is 0 Å². The minimum absolute atomic E-state index is 0.189. The average Bonchev–Trinajstić information content (AvgIpc) is 3.04. The fourth-order valence-electron chi connectivity index (χ4n) is 3.65. The lowest BCUT2D eigenvalue weighted by atomic mass is 9.93. The molecule has 1 saturated carbocycles. The molecule has 2 heterocycles. The summed E-state index contributed by atoms with van der Waals surface area (Å²) < 4.78 is 0. The van der Waals surface area contributed by atoms with Crippen LogP contribution in [0.5, 0.6) is 0 Å². The Morgan fingerprint density at radius 3 is 2.87 bits per heavy atom. The number of rotatable bonds is 3. The maximum absolute atomic E-state index is 9.90. The van der Waals surface area contributed by atoms with Gasteiger partial charge in [0.05, 0.1) is 6.10 Å². The highest BCUT2D eigenvalue weighted by molar-refractivity contribution is 5.58. The van der Waals surface area contributed by atoms with Crippen molar-refractivity contribution in [2.45, 2.75) is 57.1 Å². The highest BCUT2D eigenvalue weighted by Crippen LogP contribution is 2.30. The predicted molar refractivity (Wildman–Crippen MR) is 89.2 cm³/mol. The number of aryl methyl sites for hydroxylation is 1. The van der Waals surface area contributed by atoms with Gasteiger partial charge < -0.3 is 10.4 Å². The molecule has 1 fully saturated rings. The predicted octanol–water partition coefficient (Wildman–Crippen LogP) is 2.74. The molecule has 5 nitrogen and oxygen atoms in total. The SMILES string of the molecule is OC1CCCC(Nc2nc(-c3ccccn3)nc3c2CCC3)C1. The second-order valence-corrected chi connectivity index (χ2v) is 6.55. The molecule has 0 radical (unpaired) electrons. The third-order valence-electron chi connectivity index (χ3n) is 4.81. The van der Waals surface area contributed by atoms with Crippen LogP contribution in [0, 0.1) is 0 Å². The molecular formula is C18H22N4O. The van der Waals surface area contributed by atoms with E-state index in [0.29, 0.717) is 11.9 Å². The average molecular weight is 310 g/mol. The third kappa shape index (κ3) is 3.06. The lowest BCUT2D eigenvalue weighted by Crippen LogP contribution is -2.30. The molecule has 2 N–H and O–H groups in total. The summed E-state index contributed by atoms with van der Waals surface area (Å²) in [6.45, 7) is 0. The van der Waals surface area contributed by atoms with Gasteiger partial charge in [0.1, 0.15) is 11.5 Å². The van der Waals surface area contributed by atoms with E-state index in [0.717, 1.165) is 62.2 Å². The maximum atomic E-state index is 9.90. The first-order valence-corrected chi connectivity index (χ1v) is 8.55. The van der Waals surface area contributed by atoms with Gasteiger partial charge in [-0.2, -0.15) is 0 Å². The van der Waals surface area contributed by atoms with Crippen LogP contribution in [0.15, 0.2) is 24.4 Å². The quantitative estimate of drug-likeness (QED) is 0.912. The Balaban J connectivity index is 1.66. The number of hydrogen-bond donors (Lipinski definition) is 2. The van der Waals surface area contributed by atoms with Crippen molar-refractivity contribution >= 4 is 5.82 Å². The zero-order valence-electron chi connectivity index (χ0n) is 13.2. The lowest BCUT2D eigenvalue weighted by molar-refractivity contribution is 0.124. The monoisotopic (exact) mass is 310 g/mol. The Kier molecular flexibility index (Phi) is 3.95. The van der Waals surface area contributed by atoms with Crippen molar-refractivity contribution in [3.05, 3.63) is 35.7 Å². The molecule has 23 heavy (non-hydrogen) atoms. The highest BCUT2D eigenvalue weighted by Gasteiger charge is 2.25. The number of fused-ring (bicyclic) bond motifs is 1. The summed E-state index contributed by atoms with van der Waals surface area (Å²) in [5.41, 5.74) is 3.22. The summed E-state index contributed by atoms with van der Waals surface area (Å²) in [5.74, 6) is 1.65. The van der Waals surface area contributed by atoms with Crippen molar-refractivity contribution < 1.29 is 5.11 Å². The molecule has 5 heteroatoms. The van der Waals surface area contributed by atoms with Crippen molar-refractivity contribution in [2.75, 3.05) is 5.32 Å². The number of hydrogen-bond acceptors (Lipinski definition) is 5. The van der Waals surface area contributed by atoms with E-state index in [9.17, 15) is 5.11 Å². The summed E-state index contributed by atoms with van der Waals surface area (Å²) in [6.07, 6.45) is 8.65. The lowest BCUT2D eigenvalue weighted by Gasteiger charge is -2.27. The van der Waals surface area contributed by atoms with Gasteiger partial charge >= 0.3 is 0 Å². The Hall–Kier alpha value is -2.01. The molecule has 2 aliphatic rings. The molecule has 4 rings (SSSR count). The number of aromatic nitrogens is 3. The van der Waals surface area contributed by atoms with Crippen LogP contribution in [-0.2, 0) is 12.8 Å². The first kappa shape index (κ1) is 14.6. The third-order valence-corrected chi connectivity index (χ3v) is 4.81. The second-order valence-electron chi connectivity index (χ2n) is 6.55. The van der Waals surface area contributed by atoms with Gasteiger partial charge in [0.25, 0.3) is 0 Å². The molecule has 2 unspecified atom stereocenters. The van der Waals surface area contributed by atoms with Gasteiger partial charge in [-0.3, -0.25) is 4.98 Å². The fourth-order valence-corrected chi connectivity index (χ4v) is 3.65. The van der Waals surface area contributed by atoms with Crippen molar-refractivity contribution in [3.8, 4) is 11.5 Å². The van der Waals surface area contributed by atoms with Gasteiger partial charge in [-0.25, -0.2) is 9.97 Å². The van der Waals surface area contributed by atoms with E-state index >= 15 is 0 Å². The van der Waals surface area contributed by atoms with Crippen molar-refractivity contribution in [3.63, 3.8) is 0 Å². The maximum Gasteiger partial charge on any atom is 0.180 e. The Morgan fingerprint density at radius 1 is 1.09 bits per heavy atom. The molecule has 120 valence electrons. The summed E-state index contributed by atoms with van der Waals surface area (Å²) in [6, 6.07) is 6.11. The molecule has 2 aromatic heterocycles. The Bertz CT molecular complexity index is 689. The normalized spacial score (nSPS) is 23.5. The number of aliphatic hydroxyl groups excluding tert-OH is 1. The minimum Gasteiger partial charge on any atom is -0.393 e. The van der Waals surface area contributed by atoms with Crippen LogP contribution in [0.4, 0.5) is 5.82 Å². The van der Waals surface area contributed by atoms with E-state index in [2.05, 4.69) is 10.3 Å². The minimum atomic E-state index is -0.189. The standard InChI is InChI=1S/C18H22N4O/c23-13-6-3-5-12(11-13)20-17-14-7-4-9-15(14)21-18(22-17)16-8-1-2-10-19-16/h1-2,8,10,12-13,23H,3-7,9,11H2,(H,20,21,22). The number of nitrogens with one attached hydrogen (secondary N) is 1. The van der Waals surface area contributed by atoms with Crippen LogP contribution in [0.1, 0.15) is 43.4 Å². The van der Waals surface area contributed by atoms with Crippen molar-refractivity contribution in [1.29, 1.82) is 0 Å². The zero-order valence-corrected chi connectivity index (χ0v) is 13.2. The van der Waals surface area contributed by atoms with Crippen molar-refractivity contribution in [1.82, 2.24) is 15.0 Å². The largest absolute Gasteiger partial charge is 0.393 e. The highest BCUT2D eigenvalue weighted by atomic mass is 16.3. The van der Waals surface area contributed by atoms with E-state index in [4.69, 9.17) is 9.97 Å². The topological polar surface area (TPSA) is 70.9 Å². The van der Waals surface area contributed by atoms with Crippen LogP contribution in [-0.4, -0.2) is 32.2 Å². The van der Waals surface area contributed by atoms with Crippen molar-refractivity contribution in [2.24, 2.45) is 0 Å². The van der Waals surface area contributed by atoms with Crippen LogP contribution < -0.4 is 5.32 Å². The van der Waals surface area contributed by atoms with Gasteiger partial charge in [0.15, 0.2) is 5.82 Å². The molecular weight excluding hydrogens is 288 g/mol. The smallest absolute Gasteiger partial charge is 0.180 e. The molecule has 0 amide bonds. The number of anilines is 1. The first-order valence-electron chi connectivity index (χ1n) is 8.55. The molecule has 0 spiro atoms. The molecule has 0 aliphatic heterocycles. The van der Waals surface area contributed by atoms with Crippen LogP contribution >= 0.6 is 0 Å². The molecule has 0 saturated heterocycles. The Labute approximate surface area is 136 Å². The molecule has 2 aromatic rings. The summed E-state index contributed by atoms with van der Waals surface area (Å²) in [7, 11) is 0. The number of nitrogens with zero attached hydrogens (tertiary/aromatic N) is 3. The summed E-state index contributed by atoms with van der Waals surface area (Å²) in [4.78, 5) is 13.9. The summed E-state index contributed by atoms with van der Waals surface area (Å²) in [5, 5.41) is 13.5. The zero-order chi connectivity index (χ0) is 15.6. The number of aliphatic hydroxyl groups is 1. The molecule has 0 bridgehead atoms. The van der Waals surface area contributed by atoms with Gasteiger partial charge in [-0.05, 0) is 57.1 Å². The fraction of sp³-hybridized carbons (Fsp3) is 0.500. The summed E-state index contributed by atoms with van der Waals surface area (Å²) >= 11 is 0.